The minimum atomic E-state index is 1.02. The third-order valence-corrected chi connectivity index (χ3v) is 17.6. The number of piperidine rings is 4. The predicted molar refractivity (Wildman–Crippen MR) is 550 cm³/mol. The summed E-state index contributed by atoms with van der Waals surface area (Å²) in [6.07, 6.45) is 64.5. The molecule has 5 saturated heterocycles. The van der Waals surface area contributed by atoms with E-state index >= 15 is 0 Å². The number of piperazine rings is 1. The van der Waals surface area contributed by atoms with E-state index in [2.05, 4.69) is 272 Å². The lowest BCUT2D eigenvalue weighted by molar-refractivity contribution is 0.160. The molecule has 690 valence electrons. The van der Waals surface area contributed by atoms with Crippen molar-refractivity contribution in [1.29, 1.82) is 0 Å². The highest BCUT2D eigenvalue weighted by Crippen LogP contribution is 2.29. The van der Waals surface area contributed by atoms with E-state index in [9.17, 15) is 0 Å². The van der Waals surface area contributed by atoms with Gasteiger partial charge in [0.15, 0.2) is 0 Å². The van der Waals surface area contributed by atoms with E-state index in [4.69, 9.17) is 0 Å². The summed E-state index contributed by atoms with van der Waals surface area (Å²) in [6.45, 7) is 110. The van der Waals surface area contributed by atoms with Crippen LogP contribution in [0.4, 0.5) is 0 Å². The number of nitrogens with zero attached hydrogens (tertiary/aromatic N) is 6. The van der Waals surface area contributed by atoms with E-state index in [0.717, 1.165) is 24.2 Å². The van der Waals surface area contributed by atoms with Gasteiger partial charge in [0.25, 0.3) is 0 Å². The SMILES string of the molecule is C=CC.C=CC.C=CC.C=CC=CC.C=CC=CC.CC.CC.CC=CC.CC=CCCC.CCC.CCC.CCC.CCC1CCC(C)CC1.CCC1CCN(C)CC1.CCCC.CCCC.CCCC.CCN1CCCCC1.CCN1CCCCC1.CCN1CCCCC1.CCN1CCN(C)CC1.CCc1ccc(C)cc1. The molecule has 6 fully saturated rings. The molecule has 5 heterocycles. The second-order valence-electron chi connectivity index (χ2n) is 29.1. The molecule has 0 unspecified atom stereocenters. The van der Waals surface area contributed by atoms with Gasteiger partial charge in [0.2, 0.25) is 0 Å². The molecule has 0 bridgehead atoms. The van der Waals surface area contributed by atoms with Crippen molar-refractivity contribution in [3.63, 3.8) is 0 Å². The maximum atomic E-state index is 3.46. The Hall–Kier alpha value is -3.36. The summed E-state index contributed by atoms with van der Waals surface area (Å²) in [5, 5.41) is 0. The molecular weight excluding hydrogens is 1380 g/mol. The number of unbranched alkanes of at least 4 members (excludes halogenated alkanes) is 4. The molecule has 1 aliphatic carbocycles. The first kappa shape index (κ1) is 145. The number of allylic oxidation sites excluding steroid dienone is 13. The predicted octanol–water partition coefficient (Wildman–Crippen LogP) is 35.0. The topological polar surface area (TPSA) is 19.4 Å². The van der Waals surface area contributed by atoms with Crippen LogP contribution in [-0.2, 0) is 6.42 Å². The van der Waals surface area contributed by atoms with Crippen LogP contribution in [0, 0.1) is 24.7 Å². The number of aryl methyl sites for hydroxylation is 2. The van der Waals surface area contributed by atoms with Crippen molar-refractivity contribution >= 4 is 0 Å². The molecular formula is C108H228N6. The summed E-state index contributed by atoms with van der Waals surface area (Å²) in [6, 6.07) is 8.66. The second kappa shape index (κ2) is 154. The Balaban J connectivity index is -0.0000000704. The van der Waals surface area contributed by atoms with E-state index in [1.165, 1.54) is 296 Å². The molecule has 6 heteroatoms. The van der Waals surface area contributed by atoms with E-state index in [-0.39, 0.29) is 0 Å². The van der Waals surface area contributed by atoms with Crippen LogP contribution < -0.4 is 0 Å². The van der Waals surface area contributed by atoms with Crippen molar-refractivity contribution in [2.45, 2.75) is 422 Å². The third-order valence-electron chi connectivity index (χ3n) is 17.6. The summed E-state index contributed by atoms with van der Waals surface area (Å²) in [7, 11) is 4.40. The molecule has 1 saturated carbocycles. The third kappa shape index (κ3) is 172. The van der Waals surface area contributed by atoms with E-state index in [1.807, 2.05) is 113 Å². The Morgan fingerprint density at radius 1 is 0.325 bits per heavy atom. The Kier molecular flexibility index (Phi) is 197. The Bertz CT molecular complexity index is 1590. The van der Waals surface area contributed by atoms with Gasteiger partial charge in [-0.2, -0.15) is 0 Å². The van der Waals surface area contributed by atoms with Crippen LogP contribution in [0.5, 0.6) is 0 Å². The van der Waals surface area contributed by atoms with Crippen molar-refractivity contribution in [2.24, 2.45) is 17.8 Å². The molecule has 114 heavy (non-hydrogen) atoms. The molecule has 0 radical (unpaired) electrons. The quantitative estimate of drug-likeness (QED) is 0.136. The van der Waals surface area contributed by atoms with Gasteiger partial charge in [0, 0.05) is 26.2 Å². The fourth-order valence-electron chi connectivity index (χ4n) is 9.63. The summed E-state index contributed by atoms with van der Waals surface area (Å²) < 4.78 is 0. The van der Waals surface area contributed by atoms with Crippen molar-refractivity contribution in [2.75, 3.05) is 119 Å². The average Bonchev–Trinajstić information content (AvgIpc) is 0.957. The maximum absolute atomic E-state index is 3.46. The lowest BCUT2D eigenvalue weighted by atomic mass is 9.82. The number of benzene rings is 1. The smallest absolute Gasteiger partial charge is 0.0110 e. The van der Waals surface area contributed by atoms with E-state index in [0.29, 0.717) is 0 Å². The number of likely N-dealkylation sites (N-methyl/N-ethyl adjacent to an activating group) is 2. The zero-order valence-electron chi connectivity index (χ0n) is 86.6. The van der Waals surface area contributed by atoms with Gasteiger partial charge in [-0.05, 0) is 242 Å². The largest absolute Gasteiger partial charge is 0.306 e. The van der Waals surface area contributed by atoms with Gasteiger partial charge in [-0.25, -0.2) is 0 Å². The first-order valence-corrected chi connectivity index (χ1v) is 48.7. The van der Waals surface area contributed by atoms with Gasteiger partial charge in [0.1, 0.15) is 0 Å². The van der Waals surface area contributed by atoms with Crippen LogP contribution in [-0.4, -0.2) is 148 Å². The minimum Gasteiger partial charge on any atom is -0.306 e. The van der Waals surface area contributed by atoms with Crippen molar-refractivity contribution in [3.05, 3.63) is 147 Å². The number of rotatable bonds is 14. The number of hydrogen-bond donors (Lipinski definition) is 0. The molecule has 6 aliphatic rings. The maximum Gasteiger partial charge on any atom is 0.0110 e. The molecule has 0 N–H and O–H groups in total. The molecule has 6 nitrogen and oxygen atoms in total. The molecule has 1 aromatic carbocycles. The van der Waals surface area contributed by atoms with Crippen LogP contribution in [0.3, 0.4) is 0 Å². The van der Waals surface area contributed by atoms with Crippen molar-refractivity contribution in [1.82, 2.24) is 29.4 Å². The molecule has 0 atom stereocenters. The Labute approximate surface area is 730 Å². The molecule has 7 rings (SSSR count). The van der Waals surface area contributed by atoms with Crippen LogP contribution >= 0.6 is 0 Å². The molecule has 0 aromatic heterocycles. The first-order chi connectivity index (χ1) is 55.0. The highest BCUT2D eigenvalue weighted by atomic mass is 15.2. The zero-order valence-corrected chi connectivity index (χ0v) is 86.6. The zero-order chi connectivity index (χ0) is 91.2. The number of hydrogen-bond acceptors (Lipinski definition) is 6. The number of likely N-dealkylation sites (tertiary alicyclic amines) is 4. The second-order valence-corrected chi connectivity index (χ2v) is 29.1. The van der Waals surface area contributed by atoms with Gasteiger partial charge < -0.3 is 29.4 Å². The van der Waals surface area contributed by atoms with E-state index in [1.54, 1.807) is 30.4 Å². The lowest BCUT2D eigenvalue weighted by Crippen LogP contribution is -2.44. The highest BCUT2D eigenvalue weighted by Gasteiger charge is 2.16. The van der Waals surface area contributed by atoms with Crippen LogP contribution in [0.1, 0.15) is 419 Å². The molecule has 0 spiro atoms. The summed E-state index contributed by atoms with van der Waals surface area (Å²) in [5.41, 5.74) is 2.76. The van der Waals surface area contributed by atoms with E-state index < -0.39 is 0 Å². The normalized spacial score (nSPS) is 15.9. The van der Waals surface area contributed by atoms with Gasteiger partial charge in [-0.15, -0.1) is 19.7 Å². The summed E-state index contributed by atoms with van der Waals surface area (Å²) >= 11 is 0. The summed E-state index contributed by atoms with van der Waals surface area (Å²) in [4.78, 5) is 14.8. The first-order valence-electron chi connectivity index (χ1n) is 48.7. The Morgan fingerprint density at radius 2 is 0.579 bits per heavy atom. The summed E-state index contributed by atoms with van der Waals surface area (Å²) in [5.74, 6) is 3.12. The van der Waals surface area contributed by atoms with Crippen molar-refractivity contribution in [3.8, 4) is 0 Å². The lowest BCUT2D eigenvalue weighted by Gasteiger charge is -2.31. The molecule has 0 amide bonds. The van der Waals surface area contributed by atoms with Crippen LogP contribution in [0.15, 0.2) is 136 Å². The average molecular weight is 1610 g/mol. The minimum absolute atomic E-state index is 1.02. The standard InChI is InChI=1S/C9H18.C9H12.C8H17N.C7H16N2.3C7H15N.C6H12.2C5H8.3C4H10.C4H8.3C3H8.3C3H6.2C2H6/c2*1-3-9-6-4-8(2)5-7-9;1-3-8-4-6-9(2)7-5-8;1-3-9-6-4-8(2)5-7-9;3*1-2-8-6-4-3-5-7-8;1-3-5-6-4-2;2*1-3-5-4-2;4*1-3-4-2;6*1-3-2;2*1-2/h8-9H,3-7H2,1-2H3;4-7H,3H2,1-2H3;8H,3-7H2,1-2H3;3-7H2,1-2H3;3*2-7H2,1H3;3,5H,4,6H2,1-2H3;2*3-5H,1H2,2H3;3*3-4H2,1-2H3;3-4H,1-2H3;3*3H2,1-2H3;3*3H,1H2,2H3;2*1-2H3. The highest BCUT2D eigenvalue weighted by molar-refractivity contribution is 5.20. The van der Waals surface area contributed by atoms with Gasteiger partial charge >= 0.3 is 0 Å². The molecule has 1 aromatic rings. The fourth-order valence-corrected chi connectivity index (χ4v) is 9.63. The van der Waals surface area contributed by atoms with Gasteiger partial charge in [0.05, 0.1) is 0 Å². The van der Waals surface area contributed by atoms with Gasteiger partial charge in [-0.3, -0.25) is 0 Å². The monoisotopic (exact) mass is 1610 g/mol. The molecule has 5 aliphatic heterocycles. The van der Waals surface area contributed by atoms with Gasteiger partial charge in [-0.1, -0.05) is 417 Å². The van der Waals surface area contributed by atoms with Crippen molar-refractivity contribution < 1.29 is 0 Å². The van der Waals surface area contributed by atoms with Crippen LogP contribution in [0.25, 0.3) is 0 Å². The Morgan fingerprint density at radius 3 is 0.754 bits per heavy atom. The fraction of sp³-hybridized carbons (Fsp3) is 0.778. The van der Waals surface area contributed by atoms with Crippen LogP contribution in [0.2, 0.25) is 0 Å².